The van der Waals surface area contributed by atoms with Crippen LogP contribution in [0.4, 0.5) is 5.69 Å². The van der Waals surface area contributed by atoms with E-state index in [4.69, 9.17) is 11.6 Å². The number of imide groups is 1. The van der Waals surface area contributed by atoms with Gasteiger partial charge in [-0.2, -0.15) is 5.01 Å². The van der Waals surface area contributed by atoms with Gasteiger partial charge in [0.2, 0.25) is 0 Å². The van der Waals surface area contributed by atoms with Crippen LogP contribution in [-0.4, -0.2) is 35.9 Å². The Morgan fingerprint density at radius 2 is 1.54 bits per heavy atom. The van der Waals surface area contributed by atoms with Gasteiger partial charge in [-0.25, -0.2) is 23.5 Å². The minimum atomic E-state index is -1.53. The molecule has 3 heterocycles. The van der Waals surface area contributed by atoms with Crippen LogP contribution in [0.2, 0.25) is 5.02 Å². The van der Waals surface area contributed by atoms with Crippen molar-refractivity contribution in [1.29, 1.82) is 0 Å². The second-order valence-electron chi connectivity index (χ2n) is 12.5. The second kappa shape index (κ2) is 11.0. The lowest BCUT2D eigenvalue weighted by Crippen LogP contribution is -2.53. The average Bonchev–Trinajstić information content (AvgIpc) is 3.48. The summed E-state index contributed by atoms with van der Waals surface area (Å²) in [5, 5.41) is 12.8. The molecule has 4 aromatic carbocycles. The number of hydrogen-bond donors (Lipinski definition) is 2. The van der Waals surface area contributed by atoms with Crippen molar-refractivity contribution < 1.29 is 14.7 Å². The number of hydrazine groups is 1. The number of nitrogens with zero attached hydrogens (tertiary/aromatic N) is 4. The molecule has 10 nitrogen and oxygen atoms in total. The highest BCUT2D eigenvalue weighted by molar-refractivity contribution is 6.30. The van der Waals surface area contributed by atoms with E-state index in [9.17, 15) is 19.5 Å². The number of rotatable bonds is 5. The van der Waals surface area contributed by atoms with Gasteiger partial charge in [-0.1, -0.05) is 83.9 Å². The third-order valence-corrected chi connectivity index (χ3v) is 10.2. The number of aryl methyl sites for hydroxylation is 1. The zero-order valence-electron chi connectivity index (χ0n) is 25.8. The Kier molecular flexibility index (Phi) is 6.81. The largest absolute Gasteiger partial charge is 0.508 e. The minimum Gasteiger partial charge on any atom is -0.508 e. The predicted molar refractivity (Wildman–Crippen MR) is 180 cm³/mol. The third-order valence-electron chi connectivity index (χ3n) is 9.97. The topological polar surface area (TPSA) is 119 Å². The first-order valence-corrected chi connectivity index (χ1v) is 16.0. The van der Waals surface area contributed by atoms with E-state index in [1.54, 1.807) is 54.6 Å². The Balaban J connectivity index is 1.39. The fourth-order valence-electron chi connectivity index (χ4n) is 7.91. The number of allylic oxidation sites excluding steroid dienone is 2. The van der Waals surface area contributed by atoms with Gasteiger partial charge in [-0.3, -0.25) is 15.0 Å². The fourth-order valence-corrected chi connectivity index (χ4v) is 8.09. The number of aromatic nitrogens is 3. The molecule has 0 radical (unpaired) electrons. The highest BCUT2D eigenvalue weighted by Crippen LogP contribution is 2.62. The molecule has 240 valence electrons. The van der Waals surface area contributed by atoms with Crippen molar-refractivity contribution in [2.24, 2.45) is 5.92 Å². The number of para-hydroxylation sites is 1. The summed E-state index contributed by atoms with van der Waals surface area (Å²) in [5.74, 6) is -3.01. The second-order valence-corrected chi connectivity index (χ2v) is 12.9. The van der Waals surface area contributed by atoms with Crippen molar-refractivity contribution in [1.82, 2.24) is 18.9 Å². The molecule has 5 aromatic rings. The van der Waals surface area contributed by atoms with Crippen molar-refractivity contribution in [3.05, 3.63) is 157 Å². The van der Waals surface area contributed by atoms with Crippen LogP contribution in [0.3, 0.4) is 0 Å². The Labute approximate surface area is 279 Å². The molecular weight excluding hydrogens is 630 g/mol. The van der Waals surface area contributed by atoms with Crippen molar-refractivity contribution in [2.75, 3.05) is 5.43 Å². The van der Waals surface area contributed by atoms with Crippen molar-refractivity contribution in [3.63, 3.8) is 0 Å². The number of nitrogens with one attached hydrogen (secondary N) is 1. The molecule has 2 fully saturated rings. The summed E-state index contributed by atoms with van der Waals surface area (Å²) >= 11 is 6.55. The van der Waals surface area contributed by atoms with Gasteiger partial charge in [0.15, 0.2) is 0 Å². The Morgan fingerprint density at radius 3 is 2.25 bits per heavy atom. The van der Waals surface area contributed by atoms with E-state index in [0.717, 1.165) is 15.1 Å². The number of anilines is 1. The van der Waals surface area contributed by atoms with E-state index < -0.39 is 46.5 Å². The maximum absolute atomic E-state index is 15.1. The number of hydrogen-bond acceptors (Lipinski definition) is 6. The number of phenolic OH excluding ortho intramolecular Hbond substituents is 1. The first kappa shape index (κ1) is 29.8. The maximum atomic E-state index is 15.1. The van der Waals surface area contributed by atoms with Crippen LogP contribution in [0, 0.1) is 12.8 Å². The lowest BCUT2D eigenvalue weighted by atomic mass is 9.53. The first-order chi connectivity index (χ1) is 23.2. The van der Waals surface area contributed by atoms with Gasteiger partial charge in [-0.15, -0.1) is 0 Å². The van der Waals surface area contributed by atoms with Gasteiger partial charge >= 0.3 is 11.4 Å². The number of carbonyl (C=O) groups excluding carboxylic acids is 2. The highest BCUT2D eigenvalue weighted by Gasteiger charge is 2.69. The summed E-state index contributed by atoms with van der Waals surface area (Å²) in [6.45, 7) is 1.99. The summed E-state index contributed by atoms with van der Waals surface area (Å²) in [4.78, 5) is 57.7. The molecule has 0 unspecified atom stereocenters. The molecule has 11 heteroatoms. The van der Waals surface area contributed by atoms with E-state index in [0.29, 0.717) is 33.1 Å². The molecule has 4 atom stereocenters. The van der Waals surface area contributed by atoms with Crippen LogP contribution in [0.25, 0.3) is 5.69 Å². The van der Waals surface area contributed by atoms with Crippen LogP contribution >= 0.6 is 11.6 Å². The molecule has 2 aliphatic heterocycles. The standard InChI is InChI=1S/C37H30ClN5O5/c1-22-12-15-25(16-13-22)39-42-33(45)29-21-30-27(18-19-40-35(47)41(36(48)43(30)40)26-10-6-3-7-11-26)32(28-20-24(38)14-17-31(28)44)37(29,34(42)46)23-8-4-2-5-9-23/h2-18,20,29-30,32,39,44H,19,21H2,1H3/t29-,30+,32+,37+/m0/s1. The third kappa shape index (κ3) is 4.18. The molecule has 0 bridgehead atoms. The van der Waals surface area contributed by atoms with Crippen LogP contribution < -0.4 is 16.8 Å². The first-order valence-electron chi connectivity index (χ1n) is 15.7. The van der Waals surface area contributed by atoms with Crippen molar-refractivity contribution in [3.8, 4) is 11.4 Å². The lowest BCUT2D eigenvalue weighted by molar-refractivity contribution is -0.138. The van der Waals surface area contributed by atoms with Gasteiger partial charge in [0, 0.05) is 16.5 Å². The van der Waals surface area contributed by atoms with E-state index >= 15 is 4.79 Å². The lowest BCUT2D eigenvalue weighted by Gasteiger charge is -2.49. The minimum absolute atomic E-state index is 0.0422. The number of aromatic hydroxyl groups is 1. The van der Waals surface area contributed by atoms with Crippen molar-refractivity contribution >= 4 is 29.1 Å². The molecule has 2 N–H and O–H groups in total. The number of amides is 2. The zero-order valence-corrected chi connectivity index (χ0v) is 26.5. The van der Waals surface area contributed by atoms with Crippen LogP contribution in [0.5, 0.6) is 5.75 Å². The van der Waals surface area contributed by atoms with E-state index in [2.05, 4.69) is 5.43 Å². The van der Waals surface area contributed by atoms with E-state index in [1.807, 2.05) is 55.5 Å². The number of phenols is 1. The Hall–Kier alpha value is -5.61. The molecule has 1 aliphatic carbocycles. The smallest absolute Gasteiger partial charge is 0.352 e. The van der Waals surface area contributed by atoms with Crippen LogP contribution in [-0.2, 0) is 21.5 Å². The van der Waals surface area contributed by atoms with Gasteiger partial charge in [-0.05, 0) is 66.9 Å². The number of fused-ring (bicyclic) bond motifs is 4. The summed E-state index contributed by atoms with van der Waals surface area (Å²) in [5.41, 5.74) is 4.00. The number of halogens is 1. The van der Waals surface area contributed by atoms with Crippen LogP contribution in [0.15, 0.2) is 124 Å². The number of benzene rings is 4. The Bertz CT molecular complexity index is 2260. The van der Waals surface area contributed by atoms with E-state index in [-0.39, 0.29) is 18.7 Å². The molecule has 1 saturated carbocycles. The molecular formula is C37H30ClN5O5. The molecule has 1 saturated heterocycles. The van der Waals surface area contributed by atoms with Crippen molar-refractivity contribution in [2.45, 2.75) is 37.3 Å². The maximum Gasteiger partial charge on any atom is 0.352 e. The highest BCUT2D eigenvalue weighted by atomic mass is 35.5. The van der Waals surface area contributed by atoms with E-state index in [1.165, 1.54) is 15.4 Å². The molecule has 2 amide bonds. The quantitative estimate of drug-likeness (QED) is 0.201. The average molecular weight is 660 g/mol. The molecule has 3 aliphatic rings. The molecule has 8 rings (SSSR count). The Morgan fingerprint density at radius 1 is 0.854 bits per heavy atom. The molecule has 0 spiro atoms. The zero-order chi connectivity index (χ0) is 33.3. The summed E-state index contributed by atoms with van der Waals surface area (Å²) < 4.78 is 3.90. The summed E-state index contributed by atoms with van der Waals surface area (Å²) in [6, 6.07) is 28.9. The molecule has 1 aromatic heterocycles. The van der Waals surface area contributed by atoms with Gasteiger partial charge in [0.1, 0.15) is 5.75 Å². The molecule has 48 heavy (non-hydrogen) atoms. The number of carbonyl (C=O) groups is 2. The summed E-state index contributed by atoms with van der Waals surface area (Å²) in [7, 11) is 0. The van der Waals surface area contributed by atoms with Crippen LogP contribution in [0.1, 0.15) is 35.1 Å². The van der Waals surface area contributed by atoms with Gasteiger partial charge < -0.3 is 5.11 Å². The van der Waals surface area contributed by atoms with Gasteiger partial charge in [0.05, 0.1) is 35.3 Å². The summed E-state index contributed by atoms with van der Waals surface area (Å²) in [6.07, 6.45) is 1.90. The normalized spacial score (nSPS) is 22.9. The van der Waals surface area contributed by atoms with Gasteiger partial charge in [0.25, 0.3) is 11.8 Å². The fraction of sp³-hybridized carbons (Fsp3) is 0.189. The SMILES string of the molecule is Cc1ccc(NN2C(=O)[C@@H]3C[C@@H]4C(=CCn5c(=O)n(-c6ccccc6)c(=O)n54)[C@H](c4cc(Cl)ccc4O)[C@]3(c3ccccc3)C2=O)cc1. The predicted octanol–water partition coefficient (Wildman–Crippen LogP) is 5.09. The monoisotopic (exact) mass is 659 g/mol.